The van der Waals surface area contributed by atoms with E-state index in [0.29, 0.717) is 11.3 Å². The van der Waals surface area contributed by atoms with E-state index in [1.54, 1.807) is 24.3 Å². The fourth-order valence-electron chi connectivity index (χ4n) is 3.67. The molecule has 2 atom stereocenters. The number of amides is 1. The Morgan fingerprint density at radius 2 is 1.93 bits per heavy atom. The predicted octanol–water partition coefficient (Wildman–Crippen LogP) is 3.79. The maximum atomic E-state index is 13.1. The van der Waals surface area contributed by atoms with Gasteiger partial charge in [0.2, 0.25) is 10.0 Å². The standard InChI is InChI=1S/C23H26N2O4S/c1-4-17-9-7-10-19(14-17)24-23(26)18-12-13-21(29-3)22(15-18)30(27,28)25-20-11-6-5-8-16(20)2/h1,7,9-10,12-16,20,25H,5-6,8,11H2,2-3H3,(H,24,26). The number of carbonyl (C=O) groups excluding carboxylic acids is 1. The molecule has 0 saturated heterocycles. The van der Waals surface area contributed by atoms with Crippen molar-refractivity contribution in [2.45, 2.75) is 43.5 Å². The van der Waals surface area contributed by atoms with Gasteiger partial charge in [-0.05, 0) is 55.2 Å². The second-order valence-electron chi connectivity index (χ2n) is 7.53. The molecule has 0 bridgehead atoms. The third kappa shape index (κ3) is 5.02. The van der Waals surface area contributed by atoms with Crippen LogP contribution in [0.5, 0.6) is 5.75 Å². The van der Waals surface area contributed by atoms with Gasteiger partial charge in [-0.15, -0.1) is 6.42 Å². The summed E-state index contributed by atoms with van der Waals surface area (Å²) in [6.45, 7) is 2.05. The molecule has 1 aliphatic carbocycles. The number of nitrogens with one attached hydrogen (secondary N) is 2. The average Bonchev–Trinajstić information content (AvgIpc) is 2.75. The van der Waals surface area contributed by atoms with E-state index in [1.165, 1.54) is 25.3 Å². The van der Waals surface area contributed by atoms with Gasteiger partial charge in [-0.25, -0.2) is 13.1 Å². The van der Waals surface area contributed by atoms with Crippen LogP contribution in [0.3, 0.4) is 0 Å². The highest BCUT2D eigenvalue weighted by molar-refractivity contribution is 7.89. The van der Waals surface area contributed by atoms with Gasteiger partial charge in [-0.2, -0.15) is 0 Å². The van der Waals surface area contributed by atoms with Crippen LogP contribution in [0.25, 0.3) is 0 Å². The molecule has 30 heavy (non-hydrogen) atoms. The summed E-state index contributed by atoms with van der Waals surface area (Å²) in [5, 5.41) is 2.75. The number of methoxy groups -OCH3 is 1. The SMILES string of the molecule is C#Cc1cccc(NC(=O)c2ccc(OC)c(S(=O)(=O)NC3CCCCC3C)c2)c1. The number of hydrogen-bond acceptors (Lipinski definition) is 4. The molecule has 2 aromatic carbocycles. The number of benzene rings is 2. The number of hydrogen-bond donors (Lipinski definition) is 2. The summed E-state index contributed by atoms with van der Waals surface area (Å²) in [7, 11) is -2.45. The van der Waals surface area contributed by atoms with Crippen LogP contribution in [-0.4, -0.2) is 27.5 Å². The van der Waals surface area contributed by atoms with Crippen LogP contribution in [0.4, 0.5) is 5.69 Å². The van der Waals surface area contributed by atoms with E-state index in [0.717, 1.165) is 25.7 Å². The van der Waals surface area contributed by atoms with Crippen LogP contribution < -0.4 is 14.8 Å². The Labute approximate surface area is 178 Å². The monoisotopic (exact) mass is 426 g/mol. The van der Waals surface area contributed by atoms with Gasteiger partial charge < -0.3 is 10.1 Å². The van der Waals surface area contributed by atoms with Crippen molar-refractivity contribution in [1.29, 1.82) is 0 Å². The Balaban J connectivity index is 1.87. The van der Waals surface area contributed by atoms with E-state index >= 15 is 0 Å². The largest absolute Gasteiger partial charge is 0.495 e. The average molecular weight is 427 g/mol. The smallest absolute Gasteiger partial charge is 0.255 e. The normalized spacial score (nSPS) is 19.0. The Bertz CT molecular complexity index is 1070. The van der Waals surface area contributed by atoms with E-state index < -0.39 is 15.9 Å². The van der Waals surface area contributed by atoms with Gasteiger partial charge in [-0.1, -0.05) is 31.8 Å². The summed E-state index contributed by atoms with van der Waals surface area (Å²) in [6.07, 6.45) is 9.29. The number of terminal acetylenes is 1. The summed E-state index contributed by atoms with van der Waals surface area (Å²) in [5.74, 6) is 2.53. The van der Waals surface area contributed by atoms with E-state index in [4.69, 9.17) is 11.2 Å². The summed E-state index contributed by atoms with van der Waals surface area (Å²) < 4.78 is 34.3. The quantitative estimate of drug-likeness (QED) is 0.689. The Morgan fingerprint density at radius 3 is 2.63 bits per heavy atom. The molecule has 2 N–H and O–H groups in total. The van der Waals surface area contributed by atoms with Crippen LogP contribution >= 0.6 is 0 Å². The number of carbonyl (C=O) groups is 1. The topological polar surface area (TPSA) is 84.5 Å². The fourth-order valence-corrected chi connectivity index (χ4v) is 5.25. The summed E-state index contributed by atoms with van der Waals surface area (Å²) in [5.41, 5.74) is 1.38. The molecule has 0 spiro atoms. The molecule has 2 aromatic rings. The van der Waals surface area contributed by atoms with Crippen LogP contribution in [0, 0.1) is 18.3 Å². The van der Waals surface area contributed by atoms with E-state index in [-0.39, 0.29) is 28.2 Å². The number of rotatable bonds is 6. The summed E-state index contributed by atoms with van der Waals surface area (Å²) in [4.78, 5) is 12.7. The lowest BCUT2D eigenvalue weighted by atomic mass is 9.87. The molecule has 0 radical (unpaired) electrons. The highest BCUT2D eigenvalue weighted by atomic mass is 32.2. The molecule has 2 unspecified atom stereocenters. The first-order valence-electron chi connectivity index (χ1n) is 9.92. The van der Waals surface area contributed by atoms with E-state index in [1.807, 2.05) is 0 Å². The zero-order valence-electron chi connectivity index (χ0n) is 17.1. The molecule has 158 valence electrons. The lowest BCUT2D eigenvalue weighted by molar-refractivity contribution is 0.102. The molecule has 0 heterocycles. The lowest BCUT2D eigenvalue weighted by Crippen LogP contribution is -2.41. The molecule has 3 rings (SSSR count). The number of anilines is 1. The van der Waals surface area contributed by atoms with Gasteiger partial charge in [0.15, 0.2) is 0 Å². The second-order valence-corrected chi connectivity index (χ2v) is 9.22. The molecule has 1 aliphatic rings. The molecular formula is C23H26N2O4S. The van der Waals surface area contributed by atoms with Crippen molar-refractivity contribution in [3.63, 3.8) is 0 Å². The molecule has 1 amide bonds. The molecule has 1 fully saturated rings. The van der Waals surface area contributed by atoms with Crippen molar-refractivity contribution in [2.75, 3.05) is 12.4 Å². The molecule has 0 aromatic heterocycles. The van der Waals surface area contributed by atoms with E-state index in [9.17, 15) is 13.2 Å². The second kappa shape index (κ2) is 9.33. The Hall–Kier alpha value is -2.82. The minimum atomic E-state index is -3.86. The van der Waals surface area contributed by atoms with Gasteiger partial charge in [0.05, 0.1) is 7.11 Å². The highest BCUT2D eigenvalue weighted by Gasteiger charge is 2.29. The van der Waals surface area contributed by atoms with Crippen LogP contribution in [0.2, 0.25) is 0 Å². The molecule has 6 nitrogen and oxygen atoms in total. The van der Waals surface area contributed by atoms with Crippen LogP contribution in [-0.2, 0) is 10.0 Å². The minimum Gasteiger partial charge on any atom is -0.495 e. The van der Waals surface area contributed by atoms with Crippen LogP contribution in [0.15, 0.2) is 47.4 Å². The molecule has 0 aliphatic heterocycles. The fraction of sp³-hybridized carbons (Fsp3) is 0.348. The maximum Gasteiger partial charge on any atom is 0.255 e. The van der Waals surface area contributed by atoms with E-state index in [2.05, 4.69) is 22.9 Å². The summed E-state index contributed by atoms with van der Waals surface area (Å²) >= 11 is 0. The first-order valence-corrected chi connectivity index (χ1v) is 11.4. The lowest BCUT2D eigenvalue weighted by Gasteiger charge is -2.29. The number of ether oxygens (including phenoxy) is 1. The molecule has 7 heteroatoms. The zero-order chi connectivity index (χ0) is 21.7. The van der Waals surface area contributed by atoms with Gasteiger partial charge in [0.1, 0.15) is 10.6 Å². The highest BCUT2D eigenvalue weighted by Crippen LogP contribution is 2.29. The van der Waals surface area contributed by atoms with Gasteiger partial charge >= 0.3 is 0 Å². The summed E-state index contributed by atoms with van der Waals surface area (Å²) in [6, 6.07) is 11.1. The van der Waals surface area contributed by atoms with Crippen molar-refractivity contribution in [1.82, 2.24) is 4.72 Å². The van der Waals surface area contributed by atoms with Crippen molar-refractivity contribution in [2.24, 2.45) is 5.92 Å². The molecular weight excluding hydrogens is 400 g/mol. The maximum absolute atomic E-state index is 13.1. The Morgan fingerprint density at radius 1 is 1.17 bits per heavy atom. The predicted molar refractivity (Wildman–Crippen MR) is 117 cm³/mol. The third-order valence-corrected chi connectivity index (χ3v) is 6.93. The van der Waals surface area contributed by atoms with Crippen molar-refractivity contribution in [3.05, 3.63) is 53.6 Å². The van der Waals surface area contributed by atoms with Crippen LogP contribution in [0.1, 0.15) is 48.5 Å². The number of sulfonamides is 1. The zero-order valence-corrected chi connectivity index (χ0v) is 18.0. The first-order chi connectivity index (χ1) is 14.3. The Kier molecular flexibility index (Phi) is 6.80. The van der Waals surface area contributed by atoms with Gasteiger partial charge in [0, 0.05) is 22.9 Å². The third-order valence-electron chi connectivity index (χ3n) is 5.42. The van der Waals surface area contributed by atoms with Crippen molar-refractivity contribution in [3.8, 4) is 18.1 Å². The van der Waals surface area contributed by atoms with Crippen molar-refractivity contribution >= 4 is 21.6 Å². The first kappa shape index (κ1) is 21.9. The van der Waals surface area contributed by atoms with Gasteiger partial charge in [0.25, 0.3) is 5.91 Å². The molecule has 1 saturated carbocycles. The van der Waals surface area contributed by atoms with Gasteiger partial charge in [-0.3, -0.25) is 4.79 Å². The minimum absolute atomic E-state index is 0.0483. The van der Waals surface area contributed by atoms with Crippen molar-refractivity contribution < 1.29 is 17.9 Å².